The minimum Gasteiger partial charge on any atom is -0.493 e. The van der Waals surface area contributed by atoms with Crippen LogP contribution in [-0.4, -0.2) is 20.8 Å². The first-order chi connectivity index (χ1) is 9.17. The first-order valence-corrected chi connectivity index (χ1v) is 6.82. The molecule has 0 spiro atoms. The van der Waals surface area contributed by atoms with Crippen molar-refractivity contribution in [3.05, 3.63) is 23.5 Å². The molecule has 0 saturated carbocycles. The molecule has 0 bridgehead atoms. The molecule has 3 nitrogen and oxygen atoms in total. The van der Waals surface area contributed by atoms with Crippen molar-refractivity contribution in [2.75, 3.05) is 20.8 Å². The molecule has 1 aromatic carbocycles. The van der Waals surface area contributed by atoms with E-state index < -0.39 is 0 Å². The second-order valence-electron chi connectivity index (χ2n) is 4.48. The van der Waals surface area contributed by atoms with Gasteiger partial charge in [0.25, 0.3) is 0 Å². The molecule has 0 aliphatic rings. The third kappa shape index (κ3) is 4.10. The summed E-state index contributed by atoms with van der Waals surface area (Å²) in [5.74, 6) is 0.743. The summed E-state index contributed by atoms with van der Waals surface area (Å²) in [5, 5.41) is 3.33. The topological polar surface area (TPSA) is 30.5 Å². The Bertz CT molecular complexity index is 396. The van der Waals surface area contributed by atoms with Crippen LogP contribution in [0.3, 0.4) is 0 Å². The monoisotopic (exact) mass is 269 g/mol. The van der Waals surface area contributed by atoms with Crippen LogP contribution in [-0.2, 0) is 0 Å². The zero-order valence-corrected chi connectivity index (χ0v) is 12.3. The van der Waals surface area contributed by atoms with Crippen LogP contribution in [0.1, 0.15) is 44.7 Å². The van der Waals surface area contributed by atoms with Crippen LogP contribution in [0.15, 0.2) is 12.1 Å². The van der Waals surface area contributed by atoms with Crippen molar-refractivity contribution >= 4 is 0 Å². The Morgan fingerprint density at radius 2 is 1.79 bits per heavy atom. The van der Waals surface area contributed by atoms with Gasteiger partial charge in [0, 0.05) is 17.7 Å². The molecule has 1 unspecified atom stereocenters. The van der Waals surface area contributed by atoms with Gasteiger partial charge in [-0.1, -0.05) is 26.7 Å². The van der Waals surface area contributed by atoms with Gasteiger partial charge in [0.15, 0.2) is 11.5 Å². The first-order valence-electron chi connectivity index (χ1n) is 6.82. The number of unbranched alkanes of at least 4 members (excludes halogenated alkanes) is 1. The number of hydrogen-bond donors (Lipinski definition) is 1. The average Bonchev–Trinajstić information content (AvgIpc) is 2.43. The van der Waals surface area contributed by atoms with Gasteiger partial charge in [0.1, 0.15) is 5.82 Å². The van der Waals surface area contributed by atoms with Gasteiger partial charge >= 0.3 is 0 Å². The highest BCUT2D eigenvalue weighted by atomic mass is 19.1. The maximum Gasteiger partial charge on any atom is 0.163 e. The lowest BCUT2D eigenvalue weighted by molar-refractivity contribution is 0.349. The molecule has 0 radical (unpaired) electrons. The Balaban J connectivity index is 3.07. The molecule has 0 amide bonds. The summed E-state index contributed by atoms with van der Waals surface area (Å²) in [5.41, 5.74) is 0.646. The van der Waals surface area contributed by atoms with Crippen molar-refractivity contribution in [3.63, 3.8) is 0 Å². The van der Waals surface area contributed by atoms with Crippen molar-refractivity contribution in [2.24, 2.45) is 0 Å². The minimum atomic E-state index is -0.250. The van der Waals surface area contributed by atoms with Gasteiger partial charge < -0.3 is 14.8 Å². The fraction of sp³-hybridized carbons (Fsp3) is 0.600. The van der Waals surface area contributed by atoms with E-state index >= 15 is 0 Å². The number of ether oxygens (including phenoxy) is 2. The predicted octanol–water partition coefficient (Wildman–Crippen LogP) is 3.68. The van der Waals surface area contributed by atoms with Gasteiger partial charge in [0.05, 0.1) is 14.2 Å². The van der Waals surface area contributed by atoms with Gasteiger partial charge in [-0.25, -0.2) is 4.39 Å². The fourth-order valence-electron chi connectivity index (χ4n) is 2.16. The summed E-state index contributed by atoms with van der Waals surface area (Å²) in [6, 6.07) is 3.14. The Kier molecular flexibility index (Phi) is 6.64. The standard InChI is InChI=1S/C15H24FNO2/c1-5-7-8-13(17-6-2)11-9-14(18-3)15(19-4)10-12(11)16/h9-10,13,17H,5-8H2,1-4H3. The van der Waals surface area contributed by atoms with Crippen molar-refractivity contribution in [2.45, 2.75) is 39.2 Å². The summed E-state index contributed by atoms with van der Waals surface area (Å²) in [6.45, 7) is 4.97. The van der Waals surface area contributed by atoms with E-state index in [9.17, 15) is 4.39 Å². The zero-order chi connectivity index (χ0) is 14.3. The van der Waals surface area contributed by atoms with Gasteiger partial charge in [-0.2, -0.15) is 0 Å². The van der Waals surface area contributed by atoms with Crippen LogP contribution in [0.25, 0.3) is 0 Å². The molecule has 0 fully saturated rings. The van der Waals surface area contributed by atoms with E-state index in [0.29, 0.717) is 17.1 Å². The molecule has 0 aliphatic heterocycles. The highest BCUT2D eigenvalue weighted by molar-refractivity contribution is 5.44. The quantitative estimate of drug-likeness (QED) is 0.781. The Hall–Kier alpha value is -1.29. The molecule has 0 aromatic heterocycles. The van der Waals surface area contributed by atoms with Crippen molar-refractivity contribution in [1.29, 1.82) is 0 Å². The second kappa shape index (κ2) is 8.00. The minimum absolute atomic E-state index is 0.0183. The Morgan fingerprint density at radius 3 is 2.32 bits per heavy atom. The molecule has 1 atom stereocenters. The molecular weight excluding hydrogens is 245 g/mol. The van der Waals surface area contributed by atoms with Crippen molar-refractivity contribution < 1.29 is 13.9 Å². The molecule has 0 saturated heterocycles. The zero-order valence-electron chi connectivity index (χ0n) is 12.3. The van der Waals surface area contributed by atoms with E-state index in [4.69, 9.17) is 9.47 Å². The summed E-state index contributed by atoms with van der Waals surface area (Å²) in [4.78, 5) is 0. The van der Waals surface area contributed by atoms with E-state index in [1.54, 1.807) is 13.2 Å². The highest BCUT2D eigenvalue weighted by Crippen LogP contribution is 2.33. The molecule has 108 valence electrons. The van der Waals surface area contributed by atoms with E-state index in [0.717, 1.165) is 25.8 Å². The maximum atomic E-state index is 14.2. The third-order valence-electron chi connectivity index (χ3n) is 3.18. The number of halogens is 1. The fourth-order valence-corrected chi connectivity index (χ4v) is 2.16. The van der Waals surface area contributed by atoms with Gasteiger partial charge in [-0.15, -0.1) is 0 Å². The molecule has 19 heavy (non-hydrogen) atoms. The van der Waals surface area contributed by atoms with Crippen molar-refractivity contribution in [1.82, 2.24) is 5.32 Å². The van der Waals surface area contributed by atoms with Crippen LogP contribution in [0, 0.1) is 5.82 Å². The Labute approximate surface area is 115 Å². The molecule has 4 heteroatoms. The molecule has 1 N–H and O–H groups in total. The lowest BCUT2D eigenvalue weighted by Crippen LogP contribution is -2.22. The summed E-state index contributed by atoms with van der Waals surface area (Å²) in [6.07, 6.45) is 3.07. The van der Waals surface area contributed by atoms with Crippen LogP contribution >= 0.6 is 0 Å². The predicted molar refractivity (Wildman–Crippen MR) is 75.4 cm³/mol. The average molecular weight is 269 g/mol. The number of hydrogen-bond acceptors (Lipinski definition) is 3. The van der Waals surface area contributed by atoms with Crippen LogP contribution < -0.4 is 14.8 Å². The van der Waals surface area contributed by atoms with Gasteiger partial charge in [0.2, 0.25) is 0 Å². The number of nitrogens with one attached hydrogen (secondary N) is 1. The SMILES string of the molecule is CCCCC(NCC)c1cc(OC)c(OC)cc1F. The van der Waals surface area contributed by atoms with Gasteiger partial charge in [-0.05, 0) is 19.0 Å². The largest absolute Gasteiger partial charge is 0.493 e. The number of methoxy groups -OCH3 is 2. The van der Waals surface area contributed by atoms with Gasteiger partial charge in [-0.3, -0.25) is 0 Å². The number of benzene rings is 1. The van der Waals surface area contributed by atoms with E-state index in [2.05, 4.69) is 12.2 Å². The second-order valence-corrected chi connectivity index (χ2v) is 4.48. The van der Waals surface area contributed by atoms with E-state index in [-0.39, 0.29) is 11.9 Å². The molecule has 0 aliphatic carbocycles. The van der Waals surface area contributed by atoms with Crippen LogP contribution in [0.4, 0.5) is 4.39 Å². The van der Waals surface area contributed by atoms with Crippen LogP contribution in [0.5, 0.6) is 11.5 Å². The van der Waals surface area contributed by atoms with Crippen LogP contribution in [0.2, 0.25) is 0 Å². The lowest BCUT2D eigenvalue weighted by Gasteiger charge is -2.20. The molecule has 1 rings (SSSR count). The van der Waals surface area contributed by atoms with E-state index in [1.807, 2.05) is 6.92 Å². The summed E-state index contributed by atoms with van der Waals surface area (Å²) < 4.78 is 24.5. The Morgan fingerprint density at radius 1 is 1.16 bits per heavy atom. The molecule has 0 heterocycles. The smallest absolute Gasteiger partial charge is 0.163 e. The molecular formula is C15H24FNO2. The first kappa shape index (κ1) is 15.8. The normalized spacial score (nSPS) is 12.3. The maximum absolute atomic E-state index is 14.2. The summed E-state index contributed by atoms with van der Waals surface area (Å²) >= 11 is 0. The molecule has 1 aromatic rings. The lowest BCUT2D eigenvalue weighted by atomic mass is 10.00. The number of rotatable bonds is 8. The summed E-state index contributed by atoms with van der Waals surface area (Å²) in [7, 11) is 3.07. The third-order valence-corrected chi connectivity index (χ3v) is 3.18. The highest BCUT2D eigenvalue weighted by Gasteiger charge is 2.18. The van der Waals surface area contributed by atoms with Crippen molar-refractivity contribution in [3.8, 4) is 11.5 Å². The van der Waals surface area contributed by atoms with E-state index in [1.165, 1.54) is 13.2 Å².